The van der Waals surface area contributed by atoms with Gasteiger partial charge in [-0.3, -0.25) is 4.79 Å². The summed E-state index contributed by atoms with van der Waals surface area (Å²) in [6, 6.07) is 1.69. The molecule has 0 unspecified atom stereocenters. The van der Waals surface area contributed by atoms with E-state index < -0.39 is 17.4 Å². The van der Waals surface area contributed by atoms with Crippen LogP contribution in [-0.2, 0) is 10.2 Å². The van der Waals surface area contributed by atoms with Gasteiger partial charge >= 0.3 is 0 Å². The minimum Gasteiger partial charge on any atom is -0.392 e. The summed E-state index contributed by atoms with van der Waals surface area (Å²) in [6.45, 7) is 1.78. The van der Waals surface area contributed by atoms with E-state index in [1.165, 1.54) is 0 Å². The van der Waals surface area contributed by atoms with Crippen molar-refractivity contribution in [2.45, 2.75) is 80.8 Å². The van der Waals surface area contributed by atoms with Crippen molar-refractivity contribution in [2.75, 3.05) is 19.6 Å². The van der Waals surface area contributed by atoms with Gasteiger partial charge in [0, 0.05) is 43.8 Å². The topological polar surface area (TPSA) is 91.5 Å². The van der Waals surface area contributed by atoms with Crippen LogP contribution in [0.25, 0.3) is 0 Å². The molecule has 34 heavy (non-hydrogen) atoms. The minimum atomic E-state index is -2.64. The van der Waals surface area contributed by atoms with Crippen LogP contribution in [-0.4, -0.2) is 63.8 Å². The van der Waals surface area contributed by atoms with E-state index in [1.807, 2.05) is 16.3 Å². The van der Waals surface area contributed by atoms with Crippen LogP contribution in [0.15, 0.2) is 21.3 Å². The number of aliphatic hydroxyl groups is 1. The summed E-state index contributed by atoms with van der Waals surface area (Å²) in [5.41, 5.74) is 0.544. The first-order valence-corrected chi connectivity index (χ1v) is 13.2. The zero-order chi connectivity index (χ0) is 23.6. The number of carbonyl (C=O) groups excluding carboxylic acids is 1. The van der Waals surface area contributed by atoms with Crippen LogP contribution in [0, 0.1) is 5.41 Å². The number of hydrogen-bond acceptors (Lipinski definition) is 7. The van der Waals surface area contributed by atoms with E-state index in [-0.39, 0.29) is 36.1 Å². The molecule has 4 aliphatic rings. The summed E-state index contributed by atoms with van der Waals surface area (Å²) in [5.74, 6) is -2.17. The van der Waals surface area contributed by atoms with E-state index in [0.717, 1.165) is 24.8 Å². The third kappa shape index (κ3) is 3.60. The molecular weight excluding hydrogens is 462 g/mol. The zero-order valence-corrected chi connectivity index (χ0v) is 19.8. The smallest absolute Gasteiger partial charge is 0.249 e. The molecule has 2 saturated heterocycles. The van der Waals surface area contributed by atoms with Gasteiger partial charge in [0.15, 0.2) is 5.82 Å². The van der Waals surface area contributed by atoms with Crippen LogP contribution >= 0.6 is 11.3 Å². The lowest BCUT2D eigenvalue weighted by molar-refractivity contribution is -0.140. The summed E-state index contributed by atoms with van der Waals surface area (Å²) in [7, 11) is 0. The number of piperidine rings is 2. The summed E-state index contributed by atoms with van der Waals surface area (Å²) >= 11 is 1.59. The van der Waals surface area contributed by atoms with Gasteiger partial charge in [-0.05, 0) is 54.5 Å². The number of alkyl halides is 2. The molecule has 2 atom stereocenters. The van der Waals surface area contributed by atoms with Crippen LogP contribution in [0.4, 0.5) is 8.78 Å². The lowest BCUT2D eigenvalue weighted by Crippen LogP contribution is -2.62. The van der Waals surface area contributed by atoms with Crippen LogP contribution < -0.4 is 5.32 Å². The number of amides is 1. The number of rotatable bonds is 4. The summed E-state index contributed by atoms with van der Waals surface area (Å²) in [4.78, 5) is 19.8. The first kappa shape index (κ1) is 22.5. The Morgan fingerprint density at radius 2 is 2.00 bits per heavy atom. The number of nitrogens with zero attached hydrogens (tertiary/aromatic N) is 3. The molecule has 0 radical (unpaired) electrons. The van der Waals surface area contributed by atoms with Gasteiger partial charge in [0.1, 0.15) is 0 Å². The molecule has 0 aromatic carbocycles. The molecular formula is C24H30F2N4O3S. The van der Waals surface area contributed by atoms with Gasteiger partial charge in [-0.2, -0.15) is 16.3 Å². The summed E-state index contributed by atoms with van der Waals surface area (Å²) in [5, 5.41) is 22.4. The standard InChI is InChI=1S/C24H30F2N4O3S/c25-24(26)11-15(12-24)19-28-21(29-33-19)23(16-2-9-34-13-16)5-7-30(8-6-23)20(32)17-10-18(31)22(14-27-17)3-1-4-22/h2,9,13,15,17-18,27,31H,1,3-8,10-12,14H2/t17-,18+/m0/s1. The van der Waals surface area contributed by atoms with Gasteiger partial charge < -0.3 is 19.8 Å². The van der Waals surface area contributed by atoms with Crippen molar-refractivity contribution in [3.8, 4) is 0 Å². The highest BCUT2D eigenvalue weighted by Crippen LogP contribution is 2.49. The van der Waals surface area contributed by atoms with Crippen molar-refractivity contribution in [1.82, 2.24) is 20.4 Å². The highest BCUT2D eigenvalue weighted by Gasteiger charge is 2.51. The molecule has 2 aliphatic carbocycles. The second-order valence-electron chi connectivity index (χ2n) is 10.7. The maximum Gasteiger partial charge on any atom is 0.249 e. The fraction of sp³-hybridized carbons (Fsp3) is 0.708. The van der Waals surface area contributed by atoms with Gasteiger partial charge in [-0.15, -0.1) is 0 Å². The van der Waals surface area contributed by atoms with Crippen molar-refractivity contribution in [3.05, 3.63) is 34.1 Å². The Balaban J connectivity index is 1.16. The number of carbonyl (C=O) groups is 1. The average Bonchev–Trinajstić information content (AvgIpc) is 3.49. The fourth-order valence-electron chi connectivity index (χ4n) is 6.27. The Bertz CT molecular complexity index is 1040. The lowest BCUT2D eigenvalue weighted by atomic mass is 9.62. The molecule has 1 spiro atoms. The van der Waals surface area contributed by atoms with Crippen LogP contribution in [0.2, 0.25) is 0 Å². The molecule has 4 fully saturated rings. The highest BCUT2D eigenvalue weighted by atomic mass is 32.1. The number of aliphatic hydroxyl groups excluding tert-OH is 1. The fourth-order valence-corrected chi connectivity index (χ4v) is 7.02. The predicted octanol–water partition coefficient (Wildman–Crippen LogP) is 3.45. The second kappa shape index (κ2) is 8.06. The van der Waals surface area contributed by atoms with E-state index >= 15 is 0 Å². The third-order valence-corrected chi connectivity index (χ3v) is 9.51. The Morgan fingerprint density at radius 1 is 1.24 bits per heavy atom. The van der Waals surface area contributed by atoms with Crippen molar-refractivity contribution in [1.29, 1.82) is 0 Å². The number of halogens is 2. The average molecular weight is 493 g/mol. The number of hydrogen-bond donors (Lipinski definition) is 2. The molecule has 0 bridgehead atoms. The first-order chi connectivity index (χ1) is 16.3. The Kier molecular flexibility index (Phi) is 5.35. The molecule has 10 heteroatoms. The SMILES string of the molecule is O=C([C@@H]1C[C@@H](O)C2(CCC2)CN1)N1CCC(c2ccsc2)(c2noc(C3CC(F)(F)C3)n2)CC1. The Morgan fingerprint density at radius 3 is 2.59 bits per heavy atom. The van der Waals surface area contributed by atoms with Gasteiger partial charge in [-0.25, -0.2) is 8.78 Å². The third-order valence-electron chi connectivity index (χ3n) is 8.83. The van der Waals surface area contributed by atoms with Gasteiger partial charge in [0.05, 0.1) is 17.6 Å². The summed E-state index contributed by atoms with van der Waals surface area (Å²) in [6.07, 6.45) is 4.01. The molecule has 4 heterocycles. The molecule has 7 nitrogen and oxygen atoms in total. The number of aromatic nitrogens is 2. The van der Waals surface area contributed by atoms with Crippen molar-refractivity contribution >= 4 is 17.2 Å². The van der Waals surface area contributed by atoms with Gasteiger partial charge in [0.2, 0.25) is 17.7 Å². The molecule has 2 N–H and O–H groups in total. The summed E-state index contributed by atoms with van der Waals surface area (Å²) < 4.78 is 32.1. The van der Waals surface area contributed by atoms with Gasteiger partial charge in [0.25, 0.3) is 0 Å². The number of thiophene rings is 1. The van der Waals surface area contributed by atoms with Crippen LogP contribution in [0.5, 0.6) is 0 Å². The monoisotopic (exact) mass is 492 g/mol. The predicted molar refractivity (Wildman–Crippen MR) is 121 cm³/mol. The molecule has 2 aromatic heterocycles. The van der Waals surface area contributed by atoms with Crippen LogP contribution in [0.1, 0.15) is 74.6 Å². The van der Waals surface area contributed by atoms with Crippen molar-refractivity contribution in [3.63, 3.8) is 0 Å². The molecule has 6 rings (SSSR count). The van der Waals surface area contributed by atoms with Crippen molar-refractivity contribution in [2.24, 2.45) is 5.41 Å². The Labute approximate surface area is 200 Å². The van der Waals surface area contributed by atoms with E-state index in [2.05, 4.69) is 20.8 Å². The number of likely N-dealkylation sites (tertiary alicyclic amines) is 1. The van der Waals surface area contributed by atoms with E-state index in [1.54, 1.807) is 11.3 Å². The van der Waals surface area contributed by atoms with Gasteiger partial charge in [-0.1, -0.05) is 11.6 Å². The first-order valence-electron chi connectivity index (χ1n) is 12.3. The lowest BCUT2D eigenvalue weighted by Gasteiger charge is -2.51. The second-order valence-corrected chi connectivity index (χ2v) is 11.5. The molecule has 2 aromatic rings. The molecule has 2 aliphatic heterocycles. The Hall–Kier alpha value is -1.91. The molecule has 184 valence electrons. The van der Waals surface area contributed by atoms with E-state index in [9.17, 15) is 18.7 Å². The zero-order valence-electron chi connectivity index (χ0n) is 19.0. The quantitative estimate of drug-likeness (QED) is 0.680. The highest BCUT2D eigenvalue weighted by molar-refractivity contribution is 7.08. The largest absolute Gasteiger partial charge is 0.392 e. The molecule has 2 saturated carbocycles. The maximum atomic E-state index is 13.3. The van der Waals surface area contributed by atoms with E-state index in [0.29, 0.717) is 50.6 Å². The number of nitrogens with one attached hydrogen (secondary N) is 1. The van der Waals surface area contributed by atoms with Crippen LogP contribution in [0.3, 0.4) is 0 Å². The maximum absolute atomic E-state index is 13.3. The minimum absolute atomic E-state index is 0.0342. The molecule has 1 amide bonds. The van der Waals surface area contributed by atoms with E-state index in [4.69, 9.17) is 4.52 Å². The van der Waals surface area contributed by atoms with Crippen molar-refractivity contribution < 1.29 is 23.2 Å². The normalized spacial score (nSPS) is 30.0.